The summed E-state index contributed by atoms with van der Waals surface area (Å²) < 4.78 is 4.64. The number of benzene rings is 1. The first-order valence-electron chi connectivity index (χ1n) is 7.09. The van der Waals surface area contributed by atoms with Crippen molar-refractivity contribution in [1.82, 2.24) is 4.98 Å². The van der Waals surface area contributed by atoms with Crippen LogP contribution in [-0.2, 0) is 4.74 Å². The van der Waals surface area contributed by atoms with Crippen LogP contribution in [-0.4, -0.2) is 24.0 Å². The number of nitrogens with one attached hydrogen (secondary N) is 1. The second-order valence-electron chi connectivity index (χ2n) is 4.94. The van der Waals surface area contributed by atoms with Gasteiger partial charge in [0.2, 0.25) is 0 Å². The van der Waals surface area contributed by atoms with Crippen LogP contribution in [0.4, 0.5) is 5.69 Å². The van der Waals surface area contributed by atoms with E-state index in [1.807, 2.05) is 36.6 Å². The quantitative estimate of drug-likeness (QED) is 0.709. The number of ether oxygens (including phenoxy) is 1. The Balaban J connectivity index is 1.70. The van der Waals surface area contributed by atoms with Crippen LogP contribution in [0.15, 0.2) is 41.8 Å². The van der Waals surface area contributed by atoms with E-state index in [1.165, 1.54) is 7.11 Å². The highest BCUT2D eigenvalue weighted by Gasteiger charge is 2.14. The number of thiophene rings is 1. The number of esters is 1. The molecule has 0 aliphatic rings. The van der Waals surface area contributed by atoms with Crippen molar-refractivity contribution in [3.63, 3.8) is 0 Å². The van der Waals surface area contributed by atoms with E-state index in [0.29, 0.717) is 15.4 Å². The van der Waals surface area contributed by atoms with Gasteiger partial charge in [0, 0.05) is 16.6 Å². The fourth-order valence-electron chi connectivity index (χ4n) is 2.08. The van der Waals surface area contributed by atoms with Crippen molar-refractivity contribution in [3.05, 3.63) is 56.5 Å². The number of carbonyl (C=O) groups is 2. The van der Waals surface area contributed by atoms with Crippen molar-refractivity contribution >= 4 is 40.2 Å². The van der Waals surface area contributed by atoms with Gasteiger partial charge >= 0.3 is 5.97 Å². The van der Waals surface area contributed by atoms with Gasteiger partial charge in [0.05, 0.1) is 22.7 Å². The normalized spacial score (nSPS) is 10.4. The van der Waals surface area contributed by atoms with Crippen molar-refractivity contribution in [1.29, 1.82) is 0 Å². The molecule has 2 heterocycles. The molecule has 5 nitrogen and oxygen atoms in total. The summed E-state index contributed by atoms with van der Waals surface area (Å²) in [6, 6.07) is 10.7. The molecule has 0 radical (unpaired) electrons. The first-order chi connectivity index (χ1) is 11.6. The van der Waals surface area contributed by atoms with Crippen LogP contribution in [0.25, 0.3) is 11.3 Å². The maximum Gasteiger partial charge on any atom is 0.348 e. The highest BCUT2D eigenvalue weighted by atomic mass is 32.1. The largest absolute Gasteiger partial charge is 0.465 e. The van der Waals surface area contributed by atoms with E-state index in [4.69, 9.17) is 0 Å². The van der Waals surface area contributed by atoms with Gasteiger partial charge in [-0.05, 0) is 31.2 Å². The lowest BCUT2D eigenvalue weighted by atomic mass is 10.1. The number of nitrogens with zero attached hydrogens (tertiary/aromatic N) is 1. The van der Waals surface area contributed by atoms with Gasteiger partial charge in [-0.1, -0.05) is 12.1 Å². The van der Waals surface area contributed by atoms with Crippen molar-refractivity contribution in [2.45, 2.75) is 6.92 Å². The summed E-state index contributed by atoms with van der Waals surface area (Å²) in [7, 11) is 1.31. The third-order valence-electron chi connectivity index (χ3n) is 3.27. The van der Waals surface area contributed by atoms with Gasteiger partial charge in [0.1, 0.15) is 4.88 Å². The highest BCUT2D eigenvalue weighted by Crippen LogP contribution is 2.24. The zero-order valence-electron chi connectivity index (χ0n) is 13.0. The molecule has 3 rings (SSSR count). The Bertz CT molecular complexity index is 881. The van der Waals surface area contributed by atoms with Gasteiger partial charge < -0.3 is 10.1 Å². The lowest BCUT2D eigenvalue weighted by molar-refractivity contribution is 0.0606. The Hall–Kier alpha value is -2.51. The number of hydrogen-bond donors (Lipinski definition) is 1. The van der Waals surface area contributed by atoms with E-state index in [2.05, 4.69) is 15.0 Å². The number of anilines is 1. The number of hydrogen-bond acceptors (Lipinski definition) is 6. The molecule has 0 fully saturated rings. The minimum Gasteiger partial charge on any atom is -0.465 e. The molecule has 1 amide bonds. The molecule has 2 aromatic heterocycles. The molecule has 122 valence electrons. The fourth-order valence-corrected chi connectivity index (χ4v) is 3.52. The van der Waals surface area contributed by atoms with Gasteiger partial charge in [-0.15, -0.1) is 22.7 Å². The molecule has 3 aromatic rings. The smallest absolute Gasteiger partial charge is 0.348 e. The molecular formula is C17H14N2O3S2. The topological polar surface area (TPSA) is 68.3 Å². The van der Waals surface area contributed by atoms with Gasteiger partial charge in [-0.3, -0.25) is 4.79 Å². The Morgan fingerprint density at radius 1 is 1.08 bits per heavy atom. The number of aromatic nitrogens is 1. The van der Waals surface area contributed by atoms with Crippen LogP contribution < -0.4 is 5.32 Å². The average molecular weight is 358 g/mol. The lowest BCUT2D eigenvalue weighted by Gasteiger charge is -2.04. The van der Waals surface area contributed by atoms with E-state index < -0.39 is 5.97 Å². The van der Waals surface area contributed by atoms with Crippen LogP contribution in [0, 0.1) is 6.92 Å². The molecule has 24 heavy (non-hydrogen) atoms. The summed E-state index contributed by atoms with van der Waals surface area (Å²) in [5.74, 6) is -0.700. The minimum atomic E-state index is -0.443. The second kappa shape index (κ2) is 6.94. The SMILES string of the molecule is COC(=O)c1ccc(C(=O)Nc2ccc(-c3csc(C)n3)cc2)s1. The maximum absolute atomic E-state index is 12.2. The molecule has 0 atom stereocenters. The number of methoxy groups -OCH3 is 1. The third-order valence-corrected chi connectivity index (χ3v) is 5.11. The summed E-state index contributed by atoms with van der Waals surface area (Å²) in [5.41, 5.74) is 2.61. The molecule has 0 aliphatic carbocycles. The van der Waals surface area contributed by atoms with Crippen molar-refractivity contribution in [2.75, 3.05) is 12.4 Å². The van der Waals surface area contributed by atoms with Gasteiger partial charge in [-0.25, -0.2) is 9.78 Å². The first-order valence-corrected chi connectivity index (χ1v) is 8.78. The van der Waals surface area contributed by atoms with E-state index in [1.54, 1.807) is 23.5 Å². The molecule has 0 unspecified atom stereocenters. The van der Waals surface area contributed by atoms with E-state index in [9.17, 15) is 9.59 Å². The van der Waals surface area contributed by atoms with Crippen molar-refractivity contribution in [3.8, 4) is 11.3 Å². The average Bonchev–Trinajstić information content (AvgIpc) is 3.24. The summed E-state index contributed by atoms with van der Waals surface area (Å²) in [4.78, 5) is 29.0. The second-order valence-corrected chi connectivity index (χ2v) is 7.08. The van der Waals surface area contributed by atoms with E-state index in [-0.39, 0.29) is 5.91 Å². The number of carbonyl (C=O) groups excluding carboxylic acids is 2. The Morgan fingerprint density at radius 2 is 1.79 bits per heavy atom. The van der Waals surface area contributed by atoms with Crippen molar-refractivity contribution in [2.24, 2.45) is 0 Å². The molecule has 7 heteroatoms. The monoisotopic (exact) mass is 358 g/mol. The number of aryl methyl sites for hydroxylation is 1. The van der Waals surface area contributed by atoms with Crippen LogP contribution >= 0.6 is 22.7 Å². The zero-order valence-corrected chi connectivity index (χ0v) is 14.7. The van der Waals surface area contributed by atoms with Gasteiger partial charge in [-0.2, -0.15) is 0 Å². The standard InChI is InChI=1S/C17H14N2O3S2/c1-10-18-13(9-23-10)11-3-5-12(6-4-11)19-16(20)14-7-8-15(24-14)17(21)22-2/h3-9H,1-2H3,(H,19,20). The summed E-state index contributed by atoms with van der Waals surface area (Å²) in [5, 5.41) is 5.83. The van der Waals surface area contributed by atoms with Gasteiger partial charge in [0.15, 0.2) is 0 Å². The van der Waals surface area contributed by atoms with Crippen LogP contribution in [0.5, 0.6) is 0 Å². The molecule has 0 saturated carbocycles. The minimum absolute atomic E-state index is 0.257. The Morgan fingerprint density at radius 3 is 2.42 bits per heavy atom. The number of rotatable bonds is 4. The lowest BCUT2D eigenvalue weighted by Crippen LogP contribution is -2.09. The molecule has 0 spiro atoms. The van der Waals surface area contributed by atoms with E-state index >= 15 is 0 Å². The summed E-state index contributed by atoms with van der Waals surface area (Å²) in [6.07, 6.45) is 0. The first kappa shape index (κ1) is 16.4. The summed E-state index contributed by atoms with van der Waals surface area (Å²) in [6.45, 7) is 1.96. The molecule has 1 aromatic carbocycles. The Labute approximate surface area is 146 Å². The van der Waals surface area contributed by atoms with Crippen LogP contribution in [0.1, 0.15) is 24.4 Å². The third kappa shape index (κ3) is 3.52. The Kier molecular flexibility index (Phi) is 4.73. The summed E-state index contributed by atoms with van der Waals surface area (Å²) >= 11 is 2.70. The molecule has 0 aliphatic heterocycles. The van der Waals surface area contributed by atoms with Crippen LogP contribution in [0.2, 0.25) is 0 Å². The zero-order chi connectivity index (χ0) is 17.1. The predicted octanol–water partition coefficient (Wildman–Crippen LogP) is 4.22. The fraction of sp³-hybridized carbons (Fsp3) is 0.118. The van der Waals surface area contributed by atoms with Crippen LogP contribution in [0.3, 0.4) is 0 Å². The molecule has 0 saturated heterocycles. The predicted molar refractivity (Wildman–Crippen MR) is 95.9 cm³/mol. The van der Waals surface area contributed by atoms with Gasteiger partial charge in [0.25, 0.3) is 5.91 Å². The van der Waals surface area contributed by atoms with E-state index in [0.717, 1.165) is 27.6 Å². The number of amides is 1. The highest BCUT2D eigenvalue weighted by molar-refractivity contribution is 7.16. The number of thiazole rings is 1. The van der Waals surface area contributed by atoms with Crippen molar-refractivity contribution < 1.29 is 14.3 Å². The maximum atomic E-state index is 12.2. The molecule has 0 bridgehead atoms. The molecule has 1 N–H and O–H groups in total. The molecular weight excluding hydrogens is 344 g/mol.